The number of carbonyl (C=O) groups excluding carboxylic acids is 1. The Morgan fingerprint density at radius 1 is 1.47 bits per heavy atom. The molecule has 104 valence electrons. The number of esters is 1. The van der Waals surface area contributed by atoms with Crippen LogP contribution in [0.1, 0.15) is 42.9 Å². The highest BCUT2D eigenvalue weighted by molar-refractivity contribution is 5.77. The molecule has 1 aromatic carbocycles. The van der Waals surface area contributed by atoms with E-state index in [-0.39, 0.29) is 11.9 Å². The molecule has 0 fully saturated rings. The van der Waals surface area contributed by atoms with E-state index in [0.717, 1.165) is 24.9 Å². The second-order valence-electron chi connectivity index (χ2n) is 5.35. The van der Waals surface area contributed by atoms with Crippen LogP contribution in [0.25, 0.3) is 0 Å². The van der Waals surface area contributed by atoms with Gasteiger partial charge in [0.2, 0.25) is 0 Å². The van der Waals surface area contributed by atoms with Crippen molar-refractivity contribution in [1.29, 1.82) is 0 Å². The van der Waals surface area contributed by atoms with Crippen molar-refractivity contribution in [2.45, 2.75) is 39.0 Å². The van der Waals surface area contributed by atoms with Gasteiger partial charge in [-0.2, -0.15) is 0 Å². The van der Waals surface area contributed by atoms with Gasteiger partial charge in [-0.05, 0) is 62.3 Å². The van der Waals surface area contributed by atoms with E-state index in [4.69, 9.17) is 10.5 Å². The molecule has 0 spiro atoms. The SMILES string of the molecule is CCOC(=O)C(C)c1ccc2c(c1)CC(CN)CC2. The van der Waals surface area contributed by atoms with E-state index >= 15 is 0 Å². The Morgan fingerprint density at radius 3 is 2.95 bits per heavy atom. The maximum atomic E-state index is 11.8. The van der Waals surface area contributed by atoms with E-state index in [1.807, 2.05) is 13.8 Å². The van der Waals surface area contributed by atoms with Gasteiger partial charge in [-0.25, -0.2) is 0 Å². The maximum Gasteiger partial charge on any atom is 0.313 e. The van der Waals surface area contributed by atoms with Gasteiger partial charge in [-0.3, -0.25) is 4.79 Å². The number of benzene rings is 1. The predicted octanol–water partition coefficient (Wildman–Crippen LogP) is 2.42. The van der Waals surface area contributed by atoms with Gasteiger partial charge in [0.15, 0.2) is 0 Å². The lowest BCUT2D eigenvalue weighted by atomic mass is 9.82. The monoisotopic (exact) mass is 261 g/mol. The first-order valence-electron chi connectivity index (χ1n) is 7.14. The number of ether oxygens (including phenoxy) is 1. The van der Waals surface area contributed by atoms with E-state index in [1.165, 1.54) is 17.5 Å². The summed E-state index contributed by atoms with van der Waals surface area (Å²) in [6.45, 7) is 4.92. The number of rotatable bonds is 4. The fourth-order valence-corrected chi connectivity index (χ4v) is 2.73. The fourth-order valence-electron chi connectivity index (χ4n) is 2.73. The van der Waals surface area contributed by atoms with Crippen LogP contribution in [0.15, 0.2) is 18.2 Å². The van der Waals surface area contributed by atoms with Crippen molar-refractivity contribution in [3.8, 4) is 0 Å². The third-order valence-corrected chi connectivity index (χ3v) is 4.03. The van der Waals surface area contributed by atoms with Crippen LogP contribution < -0.4 is 5.73 Å². The highest BCUT2D eigenvalue weighted by atomic mass is 16.5. The topological polar surface area (TPSA) is 52.3 Å². The van der Waals surface area contributed by atoms with Gasteiger partial charge in [0, 0.05) is 0 Å². The second kappa shape index (κ2) is 6.20. The second-order valence-corrected chi connectivity index (χ2v) is 5.35. The fraction of sp³-hybridized carbons (Fsp3) is 0.562. The Balaban J connectivity index is 2.18. The van der Waals surface area contributed by atoms with Crippen LogP contribution >= 0.6 is 0 Å². The quantitative estimate of drug-likeness (QED) is 0.847. The minimum atomic E-state index is -0.191. The molecule has 2 atom stereocenters. The van der Waals surface area contributed by atoms with E-state index in [9.17, 15) is 4.79 Å². The van der Waals surface area contributed by atoms with Crippen molar-refractivity contribution in [1.82, 2.24) is 0 Å². The zero-order chi connectivity index (χ0) is 13.8. The largest absolute Gasteiger partial charge is 0.466 e. The lowest BCUT2D eigenvalue weighted by molar-refractivity contribution is -0.144. The lowest BCUT2D eigenvalue weighted by Gasteiger charge is -2.24. The molecule has 0 heterocycles. The van der Waals surface area contributed by atoms with Gasteiger partial charge in [-0.1, -0.05) is 18.2 Å². The van der Waals surface area contributed by atoms with Crippen molar-refractivity contribution in [3.63, 3.8) is 0 Å². The lowest BCUT2D eigenvalue weighted by Crippen LogP contribution is -2.22. The number of nitrogens with two attached hydrogens (primary N) is 1. The summed E-state index contributed by atoms with van der Waals surface area (Å²) in [5, 5.41) is 0. The van der Waals surface area contributed by atoms with E-state index < -0.39 is 0 Å². The van der Waals surface area contributed by atoms with Gasteiger partial charge >= 0.3 is 5.97 Å². The molecule has 1 aliphatic rings. The Bertz CT molecular complexity index is 456. The molecule has 0 aliphatic heterocycles. The summed E-state index contributed by atoms with van der Waals surface area (Å²) in [4.78, 5) is 11.8. The van der Waals surface area contributed by atoms with Crippen LogP contribution in [-0.2, 0) is 22.4 Å². The van der Waals surface area contributed by atoms with E-state index in [1.54, 1.807) is 0 Å². The Labute approximate surface area is 115 Å². The first-order valence-corrected chi connectivity index (χ1v) is 7.14. The number of hydrogen-bond donors (Lipinski definition) is 1. The van der Waals surface area contributed by atoms with Crippen LogP contribution in [0, 0.1) is 5.92 Å². The van der Waals surface area contributed by atoms with Gasteiger partial charge in [0.1, 0.15) is 0 Å². The molecule has 0 bridgehead atoms. The summed E-state index contributed by atoms with van der Waals surface area (Å²) in [6, 6.07) is 6.38. The van der Waals surface area contributed by atoms with Crippen LogP contribution in [0.2, 0.25) is 0 Å². The zero-order valence-electron chi connectivity index (χ0n) is 11.8. The van der Waals surface area contributed by atoms with Crippen molar-refractivity contribution in [3.05, 3.63) is 34.9 Å². The van der Waals surface area contributed by atoms with Crippen molar-refractivity contribution in [2.24, 2.45) is 11.7 Å². The van der Waals surface area contributed by atoms with Crippen LogP contribution in [0.4, 0.5) is 0 Å². The Kier molecular flexibility index (Phi) is 4.59. The highest BCUT2D eigenvalue weighted by Crippen LogP contribution is 2.28. The highest BCUT2D eigenvalue weighted by Gasteiger charge is 2.21. The average Bonchev–Trinajstić information content (AvgIpc) is 2.45. The summed E-state index contributed by atoms with van der Waals surface area (Å²) in [5.41, 5.74) is 9.59. The van der Waals surface area contributed by atoms with E-state index in [0.29, 0.717) is 12.5 Å². The van der Waals surface area contributed by atoms with E-state index in [2.05, 4.69) is 18.2 Å². The normalized spacial score (nSPS) is 19.6. The van der Waals surface area contributed by atoms with Crippen molar-refractivity contribution in [2.75, 3.05) is 13.2 Å². The molecule has 0 amide bonds. The zero-order valence-corrected chi connectivity index (χ0v) is 11.8. The van der Waals surface area contributed by atoms with Gasteiger partial charge in [0.25, 0.3) is 0 Å². The molecule has 2 rings (SSSR count). The summed E-state index contributed by atoms with van der Waals surface area (Å²) >= 11 is 0. The third-order valence-electron chi connectivity index (χ3n) is 4.03. The van der Waals surface area contributed by atoms with Crippen LogP contribution in [0.5, 0.6) is 0 Å². The third kappa shape index (κ3) is 3.16. The molecule has 2 unspecified atom stereocenters. The number of aryl methyl sites for hydroxylation is 1. The molecule has 0 radical (unpaired) electrons. The minimum Gasteiger partial charge on any atom is -0.466 e. The molecule has 1 aliphatic carbocycles. The predicted molar refractivity (Wildman–Crippen MR) is 76.1 cm³/mol. The molecule has 2 N–H and O–H groups in total. The van der Waals surface area contributed by atoms with Gasteiger partial charge < -0.3 is 10.5 Å². The first kappa shape index (κ1) is 14.1. The Morgan fingerprint density at radius 2 is 2.26 bits per heavy atom. The minimum absolute atomic E-state index is 0.145. The summed E-state index contributed by atoms with van der Waals surface area (Å²) in [7, 11) is 0. The maximum absolute atomic E-state index is 11.8. The van der Waals surface area contributed by atoms with Crippen LogP contribution in [-0.4, -0.2) is 19.1 Å². The van der Waals surface area contributed by atoms with Gasteiger partial charge in [0.05, 0.1) is 12.5 Å². The standard InChI is InChI=1S/C16H23NO2/c1-3-19-16(18)11(2)14-7-6-13-5-4-12(10-17)8-15(13)9-14/h6-7,9,11-12H,3-5,8,10,17H2,1-2H3. The summed E-state index contributed by atoms with van der Waals surface area (Å²) < 4.78 is 5.09. The smallest absolute Gasteiger partial charge is 0.313 e. The molecular weight excluding hydrogens is 238 g/mol. The average molecular weight is 261 g/mol. The summed E-state index contributed by atoms with van der Waals surface area (Å²) in [5.74, 6) is 0.248. The number of fused-ring (bicyclic) bond motifs is 1. The molecule has 3 nitrogen and oxygen atoms in total. The molecule has 1 aromatic rings. The van der Waals surface area contributed by atoms with Crippen LogP contribution in [0.3, 0.4) is 0 Å². The first-order chi connectivity index (χ1) is 9.15. The van der Waals surface area contributed by atoms with Crippen molar-refractivity contribution >= 4 is 5.97 Å². The number of hydrogen-bond acceptors (Lipinski definition) is 3. The summed E-state index contributed by atoms with van der Waals surface area (Å²) in [6.07, 6.45) is 3.32. The van der Waals surface area contributed by atoms with Gasteiger partial charge in [-0.15, -0.1) is 0 Å². The molecule has 19 heavy (non-hydrogen) atoms. The van der Waals surface area contributed by atoms with Crippen molar-refractivity contribution < 1.29 is 9.53 Å². The molecule has 0 saturated heterocycles. The molecule has 3 heteroatoms. The molecular formula is C16H23NO2. The molecule has 0 aromatic heterocycles. The molecule has 0 saturated carbocycles. The number of carbonyl (C=O) groups is 1. The Hall–Kier alpha value is -1.35.